The average Bonchev–Trinajstić information content (AvgIpc) is 2.91. The third kappa shape index (κ3) is 2.76. The lowest BCUT2D eigenvalue weighted by molar-refractivity contribution is -0.577. The van der Waals surface area contributed by atoms with Gasteiger partial charge in [0.2, 0.25) is 5.79 Å². The number of ether oxygens (including phenoxy) is 3. The van der Waals surface area contributed by atoms with Gasteiger partial charge in [-0.1, -0.05) is 32.0 Å². The Hall–Kier alpha value is -1.05. The minimum Gasteiger partial charge on any atom is -0.347 e. The van der Waals surface area contributed by atoms with Crippen LogP contribution in [0.5, 0.6) is 0 Å². The number of rotatable bonds is 3. The van der Waals surface area contributed by atoms with E-state index in [1.807, 2.05) is 13.0 Å². The first-order chi connectivity index (χ1) is 13.4. The van der Waals surface area contributed by atoms with Crippen molar-refractivity contribution in [3.63, 3.8) is 0 Å². The van der Waals surface area contributed by atoms with Crippen molar-refractivity contribution >= 4 is 0 Å². The molecule has 0 amide bonds. The molecule has 5 fully saturated rings. The van der Waals surface area contributed by atoms with Gasteiger partial charge in [0.05, 0.1) is 6.61 Å². The molecular formula is C22H29FO5. The summed E-state index contributed by atoms with van der Waals surface area (Å²) in [6.45, 7) is 6.51. The smallest absolute Gasteiger partial charge is 0.201 e. The molecule has 154 valence electrons. The molecule has 1 spiro atoms. The lowest BCUT2D eigenvalue weighted by Gasteiger charge is -2.60. The maximum absolute atomic E-state index is 14.0. The summed E-state index contributed by atoms with van der Waals surface area (Å²) in [6, 6.07) is 6.68. The summed E-state index contributed by atoms with van der Waals surface area (Å²) in [4.78, 5) is 11.9. The van der Waals surface area contributed by atoms with Crippen LogP contribution in [0.15, 0.2) is 24.3 Å². The molecule has 0 unspecified atom stereocenters. The van der Waals surface area contributed by atoms with Gasteiger partial charge >= 0.3 is 0 Å². The van der Waals surface area contributed by atoms with E-state index in [2.05, 4.69) is 13.8 Å². The Kier molecular flexibility index (Phi) is 4.56. The zero-order valence-electron chi connectivity index (χ0n) is 16.7. The lowest BCUT2D eigenvalue weighted by atomic mass is 9.58. The monoisotopic (exact) mass is 392 g/mol. The molecule has 1 saturated carbocycles. The first kappa shape index (κ1) is 18.9. The molecule has 1 aliphatic carbocycles. The molecule has 0 N–H and O–H groups in total. The Morgan fingerprint density at radius 1 is 1.11 bits per heavy atom. The van der Waals surface area contributed by atoms with E-state index in [0.29, 0.717) is 17.4 Å². The second-order valence-corrected chi connectivity index (χ2v) is 9.18. The van der Waals surface area contributed by atoms with E-state index in [1.165, 1.54) is 6.07 Å². The zero-order valence-corrected chi connectivity index (χ0v) is 16.7. The first-order valence-corrected chi connectivity index (χ1v) is 10.5. The summed E-state index contributed by atoms with van der Waals surface area (Å²) in [7, 11) is 0. The molecule has 5 aliphatic rings. The second kappa shape index (κ2) is 6.74. The van der Waals surface area contributed by atoms with E-state index in [9.17, 15) is 4.39 Å². The predicted molar refractivity (Wildman–Crippen MR) is 98.0 cm³/mol. The van der Waals surface area contributed by atoms with Crippen LogP contribution in [0.25, 0.3) is 0 Å². The molecule has 28 heavy (non-hydrogen) atoms. The molecule has 6 heteroatoms. The van der Waals surface area contributed by atoms with Gasteiger partial charge in [0.1, 0.15) is 5.82 Å². The summed E-state index contributed by atoms with van der Waals surface area (Å²) >= 11 is 0. The van der Waals surface area contributed by atoms with Crippen LogP contribution in [-0.4, -0.2) is 24.0 Å². The van der Waals surface area contributed by atoms with Crippen molar-refractivity contribution in [2.24, 2.45) is 23.7 Å². The molecule has 4 aliphatic heterocycles. The fraction of sp³-hybridized carbons (Fsp3) is 0.727. The number of fused-ring (bicyclic) bond motifs is 2. The minimum absolute atomic E-state index is 0.0904. The normalized spacial score (nSPS) is 47.4. The third-order valence-corrected chi connectivity index (χ3v) is 7.46. The van der Waals surface area contributed by atoms with Crippen LogP contribution < -0.4 is 0 Å². The topological polar surface area (TPSA) is 46.2 Å². The highest BCUT2D eigenvalue weighted by molar-refractivity contribution is 5.16. The Labute approximate surface area is 165 Å². The first-order valence-electron chi connectivity index (χ1n) is 10.5. The van der Waals surface area contributed by atoms with E-state index >= 15 is 0 Å². The standard InChI is InChI=1S/C22H29FO5/c1-13-8-9-17-14(2)19(24-12-15-6-4-5-7-18(15)23)25-20-22(17)16(13)10-11-21(3,26-20)27-28-22/h4-7,13-14,16-17,19-20H,8-12H2,1-3H3/t13-,14-,16+,17+,19+,20-,21+,22-/m1/s1. The van der Waals surface area contributed by atoms with E-state index in [0.717, 1.165) is 25.7 Å². The SMILES string of the molecule is C[C@H]1[C@@H](OCc2ccccc2F)O[C@@H]2O[C@]3(C)CC[C@H]4[C@H](C)CC[C@@H]1[C@@]24OO3. The summed E-state index contributed by atoms with van der Waals surface area (Å²) in [5.74, 6) is 0.0961. The van der Waals surface area contributed by atoms with Crippen molar-refractivity contribution in [2.45, 2.75) is 77.0 Å². The van der Waals surface area contributed by atoms with Crippen LogP contribution >= 0.6 is 0 Å². The quantitative estimate of drug-likeness (QED) is 0.706. The van der Waals surface area contributed by atoms with E-state index in [-0.39, 0.29) is 24.3 Å². The van der Waals surface area contributed by atoms with Gasteiger partial charge in [-0.05, 0) is 44.1 Å². The molecule has 8 atom stereocenters. The molecule has 5 nitrogen and oxygen atoms in total. The largest absolute Gasteiger partial charge is 0.347 e. The molecule has 4 heterocycles. The zero-order chi connectivity index (χ0) is 19.5. The van der Waals surface area contributed by atoms with Crippen molar-refractivity contribution in [3.05, 3.63) is 35.6 Å². The van der Waals surface area contributed by atoms with Crippen LogP contribution in [-0.2, 0) is 30.6 Å². The summed E-state index contributed by atoms with van der Waals surface area (Å²) in [6.07, 6.45) is 2.94. The number of benzene rings is 1. The van der Waals surface area contributed by atoms with Crippen LogP contribution in [0.2, 0.25) is 0 Å². The molecule has 2 bridgehead atoms. The van der Waals surface area contributed by atoms with Crippen molar-refractivity contribution in [1.82, 2.24) is 0 Å². The Balaban J connectivity index is 1.42. The van der Waals surface area contributed by atoms with Gasteiger partial charge in [-0.15, -0.1) is 0 Å². The summed E-state index contributed by atoms with van der Waals surface area (Å²) in [5.41, 5.74) is -0.0612. The molecule has 0 radical (unpaired) electrons. The highest BCUT2D eigenvalue weighted by Crippen LogP contribution is 2.60. The minimum atomic E-state index is -0.797. The van der Waals surface area contributed by atoms with Crippen LogP contribution in [0.1, 0.15) is 52.0 Å². The molecule has 0 aromatic heterocycles. The number of hydrogen-bond acceptors (Lipinski definition) is 5. The van der Waals surface area contributed by atoms with Gasteiger partial charge in [-0.2, -0.15) is 0 Å². The van der Waals surface area contributed by atoms with Crippen molar-refractivity contribution in [2.75, 3.05) is 0 Å². The number of halogens is 1. The fourth-order valence-electron chi connectivity index (χ4n) is 5.85. The van der Waals surface area contributed by atoms with Crippen molar-refractivity contribution in [1.29, 1.82) is 0 Å². The average molecular weight is 392 g/mol. The molecule has 1 aromatic carbocycles. The van der Waals surface area contributed by atoms with E-state index in [1.54, 1.807) is 12.1 Å². The van der Waals surface area contributed by atoms with E-state index < -0.39 is 24.0 Å². The van der Waals surface area contributed by atoms with Crippen molar-refractivity contribution < 1.29 is 28.4 Å². The Morgan fingerprint density at radius 3 is 2.75 bits per heavy atom. The van der Waals surface area contributed by atoms with Crippen molar-refractivity contribution in [3.8, 4) is 0 Å². The Morgan fingerprint density at radius 2 is 1.93 bits per heavy atom. The predicted octanol–water partition coefficient (Wildman–Crippen LogP) is 4.55. The Bertz CT molecular complexity index is 743. The molecule has 4 saturated heterocycles. The highest BCUT2D eigenvalue weighted by Gasteiger charge is 2.69. The van der Waals surface area contributed by atoms with Crippen LogP contribution in [0.4, 0.5) is 4.39 Å². The maximum atomic E-state index is 14.0. The summed E-state index contributed by atoms with van der Waals surface area (Å²) in [5, 5.41) is 0. The maximum Gasteiger partial charge on any atom is 0.201 e. The van der Waals surface area contributed by atoms with Gasteiger partial charge in [-0.25, -0.2) is 14.2 Å². The highest BCUT2D eigenvalue weighted by atomic mass is 19.1. The summed E-state index contributed by atoms with van der Waals surface area (Å²) < 4.78 is 32.7. The van der Waals surface area contributed by atoms with Crippen LogP contribution in [0, 0.1) is 29.5 Å². The van der Waals surface area contributed by atoms with Gasteiger partial charge in [0.25, 0.3) is 0 Å². The fourth-order valence-corrected chi connectivity index (χ4v) is 5.85. The number of hydrogen-bond donors (Lipinski definition) is 0. The van der Waals surface area contributed by atoms with E-state index in [4.69, 9.17) is 24.0 Å². The van der Waals surface area contributed by atoms with Gasteiger partial charge < -0.3 is 14.2 Å². The van der Waals surface area contributed by atoms with Gasteiger partial charge in [0.15, 0.2) is 18.2 Å². The molecule has 6 rings (SSSR count). The third-order valence-electron chi connectivity index (χ3n) is 7.46. The molecule has 1 aromatic rings. The second-order valence-electron chi connectivity index (χ2n) is 9.18. The molecular weight excluding hydrogens is 363 g/mol. The lowest BCUT2D eigenvalue weighted by Crippen LogP contribution is -2.70. The van der Waals surface area contributed by atoms with Crippen LogP contribution in [0.3, 0.4) is 0 Å². The van der Waals surface area contributed by atoms with Gasteiger partial charge in [0, 0.05) is 23.8 Å². The van der Waals surface area contributed by atoms with Gasteiger partial charge in [-0.3, -0.25) is 0 Å².